The maximum absolute atomic E-state index is 5.66. The van der Waals surface area contributed by atoms with Crippen LogP contribution in [0.3, 0.4) is 0 Å². The molecule has 0 bridgehead atoms. The van der Waals surface area contributed by atoms with Gasteiger partial charge in [-0.3, -0.25) is 0 Å². The Kier molecular flexibility index (Phi) is 2.34. The number of H-pyrrole nitrogens is 1. The number of benzene rings is 2. The molecule has 3 rings (SSSR count). The zero-order valence-corrected chi connectivity index (χ0v) is 9.22. The Morgan fingerprint density at radius 3 is 2.82 bits per heavy atom. The molecule has 1 heterocycles. The molecule has 2 aromatic carbocycles. The first-order chi connectivity index (χ1) is 8.38. The van der Waals surface area contributed by atoms with Crippen molar-refractivity contribution < 1.29 is 0 Å². The summed E-state index contributed by atoms with van der Waals surface area (Å²) in [5.41, 5.74) is 10.7. The average molecular weight is 224 g/mol. The second kappa shape index (κ2) is 3.99. The Balaban J connectivity index is 2.23. The fourth-order valence-electron chi connectivity index (χ4n) is 1.97. The van der Waals surface area contributed by atoms with E-state index in [4.69, 9.17) is 5.73 Å². The molecule has 4 heteroatoms. The van der Waals surface area contributed by atoms with Gasteiger partial charge >= 0.3 is 0 Å². The lowest BCUT2D eigenvalue weighted by Gasteiger charge is -2.04. The van der Waals surface area contributed by atoms with Crippen LogP contribution in [-0.4, -0.2) is 15.4 Å². The number of nitrogens with one attached hydrogen (secondary N) is 1. The van der Waals surface area contributed by atoms with E-state index in [0.29, 0.717) is 6.54 Å². The molecule has 0 radical (unpaired) electrons. The smallest absolute Gasteiger partial charge is 0.120 e. The van der Waals surface area contributed by atoms with Crippen LogP contribution in [0.25, 0.3) is 22.2 Å². The molecule has 0 aliphatic carbocycles. The Morgan fingerprint density at radius 1 is 1.06 bits per heavy atom. The van der Waals surface area contributed by atoms with E-state index in [1.165, 1.54) is 0 Å². The van der Waals surface area contributed by atoms with Crippen molar-refractivity contribution in [2.45, 2.75) is 6.54 Å². The number of fused-ring (bicyclic) bond motifs is 1. The number of aromatic amines is 1. The predicted molar refractivity (Wildman–Crippen MR) is 67.2 cm³/mol. The molecule has 3 N–H and O–H groups in total. The van der Waals surface area contributed by atoms with Crippen LogP contribution in [0.15, 0.2) is 42.5 Å². The average Bonchev–Trinajstić information content (AvgIpc) is 2.87. The van der Waals surface area contributed by atoms with E-state index in [-0.39, 0.29) is 0 Å². The van der Waals surface area contributed by atoms with E-state index in [0.717, 1.165) is 27.7 Å². The van der Waals surface area contributed by atoms with Crippen molar-refractivity contribution in [2.75, 3.05) is 0 Å². The summed E-state index contributed by atoms with van der Waals surface area (Å²) in [6.45, 7) is 0.544. The lowest BCUT2D eigenvalue weighted by atomic mass is 10.0. The SMILES string of the molecule is NCc1cccc(-c2cccc3n[nH]nc23)c1. The summed E-state index contributed by atoms with van der Waals surface area (Å²) in [7, 11) is 0. The molecule has 0 aliphatic rings. The van der Waals surface area contributed by atoms with Gasteiger partial charge in [-0.15, -0.1) is 0 Å². The van der Waals surface area contributed by atoms with Crippen molar-refractivity contribution >= 4 is 11.0 Å². The first-order valence-corrected chi connectivity index (χ1v) is 5.47. The quantitative estimate of drug-likeness (QED) is 0.700. The number of nitrogens with zero attached hydrogens (tertiary/aromatic N) is 2. The summed E-state index contributed by atoms with van der Waals surface area (Å²) >= 11 is 0. The van der Waals surface area contributed by atoms with E-state index in [1.807, 2.05) is 30.3 Å². The molecule has 17 heavy (non-hydrogen) atoms. The second-order valence-electron chi connectivity index (χ2n) is 3.90. The molecule has 1 aromatic heterocycles. The number of hydrogen-bond donors (Lipinski definition) is 2. The molecular formula is C13H12N4. The molecule has 0 atom stereocenters. The fraction of sp³-hybridized carbons (Fsp3) is 0.0769. The van der Waals surface area contributed by atoms with Gasteiger partial charge in [0.25, 0.3) is 0 Å². The van der Waals surface area contributed by atoms with Gasteiger partial charge in [-0.05, 0) is 23.3 Å². The molecule has 0 saturated heterocycles. The zero-order valence-electron chi connectivity index (χ0n) is 9.22. The fourth-order valence-corrected chi connectivity index (χ4v) is 1.97. The highest BCUT2D eigenvalue weighted by Gasteiger charge is 2.06. The third kappa shape index (κ3) is 1.68. The van der Waals surface area contributed by atoms with Crippen molar-refractivity contribution in [1.29, 1.82) is 0 Å². The van der Waals surface area contributed by atoms with Crippen LogP contribution < -0.4 is 5.73 Å². The van der Waals surface area contributed by atoms with Gasteiger partial charge in [0.2, 0.25) is 0 Å². The highest BCUT2D eigenvalue weighted by atomic mass is 15.3. The highest BCUT2D eigenvalue weighted by Crippen LogP contribution is 2.26. The molecule has 3 aromatic rings. The Bertz CT molecular complexity index is 657. The van der Waals surface area contributed by atoms with E-state index in [1.54, 1.807) is 0 Å². The summed E-state index contributed by atoms with van der Waals surface area (Å²) in [6.07, 6.45) is 0. The summed E-state index contributed by atoms with van der Waals surface area (Å²) in [5, 5.41) is 10.9. The minimum Gasteiger partial charge on any atom is -0.326 e. The van der Waals surface area contributed by atoms with E-state index < -0.39 is 0 Å². The number of rotatable bonds is 2. The topological polar surface area (TPSA) is 67.6 Å². The zero-order chi connectivity index (χ0) is 11.7. The van der Waals surface area contributed by atoms with Crippen molar-refractivity contribution in [1.82, 2.24) is 15.4 Å². The molecule has 0 spiro atoms. The van der Waals surface area contributed by atoms with Gasteiger partial charge in [0.05, 0.1) is 0 Å². The van der Waals surface area contributed by atoms with E-state index in [2.05, 4.69) is 27.5 Å². The van der Waals surface area contributed by atoms with Gasteiger partial charge in [0.1, 0.15) is 11.0 Å². The Labute approximate surface area is 98.5 Å². The van der Waals surface area contributed by atoms with Crippen molar-refractivity contribution in [2.24, 2.45) is 5.73 Å². The van der Waals surface area contributed by atoms with Gasteiger partial charge < -0.3 is 5.73 Å². The minimum atomic E-state index is 0.544. The van der Waals surface area contributed by atoms with Gasteiger partial charge in [0.15, 0.2) is 0 Å². The molecule has 0 saturated carbocycles. The summed E-state index contributed by atoms with van der Waals surface area (Å²) in [6, 6.07) is 14.1. The lowest BCUT2D eigenvalue weighted by molar-refractivity contribution is 0.959. The van der Waals surface area contributed by atoms with Crippen molar-refractivity contribution in [3.63, 3.8) is 0 Å². The predicted octanol–water partition coefficient (Wildman–Crippen LogP) is 2.08. The summed E-state index contributed by atoms with van der Waals surface area (Å²) in [5.74, 6) is 0. The first-order valence-electron chi connectivity index (χ1n) is 5.47. The van der Waals surface area contributed by atoms with Crippen molar-refractivity contribution in [3.05, 3.63) is 48.0 Å². The van der Waals surface area contributed by atoms with Crippen LogP contribution in [0.4, 0.5) is 0 Å². The maximum atomic E-state index is 5.66. The summed E-state index contributed by atoms with van der Waals surface area (Å²) in [4.78, 5) is 0. The number of aromatic nitrogens is 3. The molecule has 0 unspecified atom stereocenters. The second-order valence-corrected chi connectivity index (χ2v) is 3.90. The van der Waals surface area contributed by atoms with E-state index >= 15 is 0 Å². The van der Waals surface area contributed by atoms with Gasteiger partial charge in [0, 0.05) is 12.1 Å². The molecule has 4 nitrogen and oxygen atoms in total. The minimum absolute atomic E-state index is 0.544. The normalized spacial score (nSPS) is 10.9. The highest BCUT2D eigenvalue weighted by molar-refractivity contribution is 5.91. The molecule has 0 fully saturated rings. The van der Waals surface area contributed by atoms with Crippen LogP contribution in [0.5, 0.6) is 0 Å². The monoisotopic (exact) mass is 224 g/mol. The Morgan fingerprint density at radius 2 is 1.94 bits per heavy atom. The standard InChI is InChI=1S/C13H12N4/c14-8-9-3-1-4-10(7-9)11-5-2-6-12-13(11)16-17-15-12/h1-7H,8,14H2,(H,15,16,17). The number of para-hydroxylation sites is 1. The van der Waals surface area contributed by atoms with Crippen LogP contribution in [0.1, 0.15) is 5.56 Å². The molecule has 0 amide bonds. The number of nitrogens with two attached hydrogens (primary N) is 1. The molecule has 0 aliphatic heterocycles. The van der Waals surface area contributed by atoms with Crippen LogP contribution in [0.2, 0.25) is 0 Å². The van der Waals surface area contributed by atoms with Crippen LogP contribution in [0, 0.1) is 0 Å². The first kappa shape index (κ1) is 9.99. The third-order valence-corrected chi connectivity index (χ3v) is 2.82. The van der Waals surface area contributed by atoms with Gasteiger partial charge in [-0.2, -0.15) is 15.4 Å². The molecular weight excluding hydrogens is 212 g/mol. The molecule has 84 valence electrons. The van der Waals surface area contributed by atoms with Gasteiger partial charge in [-0.25, -0.2) is 0 Å². The third-order valence-electron chi connectivity index (χ3n) is 2.82. The summed E-state index contributed by atoms with van der Waals surface area (Å²) < 4.78 is 0. The van der Waals surface area contributed by atoms with Gasteiger partial charge in [-0.1, -0.05) is 30.3 Å². The van der Waals surface area contributed by atoms with Crippen LogP contribution in [-0.2, 0) is 6.54 Å². The largest absolute Gasteiger partial charge is 0.326 e. The Hall–Kier alpha value is -2.20. The van der Waals surface area contributed by atoms with Crippen molar-refractivity contribution in [3.8, 4) is 11.1 Å². The number of hydrogen-bond acceptors (Lipinski definition) is 3. The van der Waals surface area contributed by atoms with Crippen LogP contribution >= 0.6 is 0 Å². The maximum Gasteiger partial charge on any atom is 0.120 e. The lowest BCUT2D eigenvalue weighted by Crippen LogP contribution is -1.95. The van der Waals surface area contributed by atoms with E-state index in [9.17, 15) is 0 Å².